The number of aromatic nitrogens is 1. The Morgan fingerprint density at radius 3 is 2.78 bits per heavy atom. The van der Waals surface area contributed by atoms with Crippen LogP contribution in [0, 0.1) is 0 Å². The van der Waals surface area contributed by atoms with Gasteiger partial charge in [-0.2, -0.15) is 0 Å². The van der Waals surface area contributed by atoms with Gasteiger partial charge in [0.05, 0.1) is 7.11 Å². The third-order valence-electron chi connectivity index (χ3n) is 4.32. The molecular formula is C18H20N2O3. The fraction of sp³-hybridized carbons (Fsp3) is 0.333. The van der Waals surface area contributed by atoms with Gasteiger partial charge in [-0.05, 0) is 54.8 Å². The molecule has 0 radical (unpaired) electrons. The predicted octanol–water partition coefficient (Wildman–Crippen LogP) is 2.81. The quantitative estimate of drug-likeness (QED) is 0.920. The monoisotopic (exact) mass is 312 g/mol. The predicted molar refractivity (Wildman–Crippen MR) is 87.3 cm³/mol. The highest BCUT2D eigenvalue weighted by molar-refractivity contribution is 5.74. The number of carboxylic acid groups (broad SMARTS) is 1. The Kier molecular flexibility index (Phi) is 4.57. The molecule has 23 heavy (non-hydrogen) atoms. The summed E-state index contributed by atoms with van der Waals surface area (Å²) in [7, 11) is 1.64. The van der Waals surface area contributed by atoms with E-state index in [2.05, 4.69) is 11.1 Å². The van der Waals surface area contributed by atoms with E-state index in [9.17, 15) is 9.90 Å². The molecule has 1 fully saturated rings. The summed E-state index contributed by atoms with van der Waals surface area (Å²) in [6.45, 7) is 1.39. The molecule has 1 aromatic heterocycles. The van der Waals surface area contributed by atoms with Crippen LogP contribution in [0.4, 0.5) is 0 Å². The van der Waals surface area contributed by atoms with Crippen LogP contribution in [-0.4, -0.2) is 40.7 Å². The minimum Gasteiger partial charge on any atom is -0.496 e. The van der Waals surface area contributed by atoms with E-state index in [0.717, 1.165) is 35.4 Å². The van der Waals surface area contributed by atoms with Gasteiger partial charge < -0.3 is 9.84 Å². The molecule has 1 saturated heterocycles. The molecule has 0 saturated carbocycles. The van der Waals surface area contributed by atoms with E-state index in [1.54, 1.807) is 19.5 Å². The van der Waals surface area contributed by atoms with E-state index in [1.165, 1.54) is 0 Å². The number of hydrogen-bond acceptors (Lipinski definition) is 4. The number of nitrogens with zero attached hydrogens (tertiary/aromatic N) is 2. The molecule has 120 valence electrons. The fourth-order valence-electron chi connectivity index (χ4n) is 3.14. The molecule has 1 atom stereocenters. The third-order valence-corrected chi connectivity index (χ3v) is 4.32. The number of hydrogen-bond donors (Lipinski definition) is 1. The van der Waals surface area contributed by atoms with E-state index in [4.69, 9.17) is 4.74 Å². The molecule has 1 N–H and O–H groups in total. The smallest absolute Gasteiger partial charge is 0.320 e. The molecule has 5 nitrogen and oxygen atoms in total. The summed E-state index contributed by atoms with van der Waals surface area (Å²) >= 11 is 0. The molecule has 1 aromatic carbocycles. The summed E-state index contributed by atoms with van der Waals surface area (Å²) in [5, 5.41) is 9.34. The SMILES string of the molecule is COc1ccc(-c2ccncc2)cc1CN1CCCC1C(=O)O. The van der Waals surface area contributed by atoms with Crippen LogP contribution in [0.25, 0.3) is 11.1 Å². The van der Waals surface area contributed by atoms with Gasteiger partial charge in [-0.15, -0.1) is 0 Å². The molecule has 2 heterocycles. The lowest BCUT2D eigenvalue weighted by atomic mass is 10.0. The summed E-state index contributed by atoms with van der Waals surface area (Å²) in [5.41, 5.74) is 3.17. The van der Waals surface area contributed by atoms with Crippen LogP contribution in [0.15, 0.2) is 42.7 Å². The Labute approximate surface area is 135 Å². The van der Waals surface area contributed by atoms with Crippen LogP contribution in [-0.2, 0) is 11.3 Å². The molecule has 1 unspecified atom stereocenters. The van der Waals surface area contributed by atoms with Crippen LogP contribution >= 0.6 is 0 Å². The number of aliphatic carboxylic acids is 1. The first-order valence-corrected chi connectivity index (χ1v) is 7.73. The van der Waals surface area contributed by atoms with Crippen molar-refractivity contribution in [2.45, 2.75) is 25.4 Å². The van der Waals surface area contributed by atoms with Crippen molar-refractivity contribution >= 4 is 5.97 Å². The van der Waals surface area contributed by atoms with Crippen molar-refractivity contribution in [1.29, 1.82) is 0 Å². The van der Waals surface area contributed by atoms with Gasteiger partial charge in [0.2, 0.25) is 0 Å². The average Bonchev–Trinajstić information content (AvgIpc) is 3.04. The van der Waals surface area contributed by atoms with E-state index in [-0.39, 0.29) is 0 Å². The summed E-state index contributed by atoms with van der Waals surface area (Å²) in [6, 6.07) is 9.55. The van der Waals surface area contributed by atoms with Crippen molar-refractivity contribution in [2.75, 3.05) is 13.7 Å². The van der Waals surface area contributed by atoms with Crippen LogP contribution in [0.2, 0.25) is 0 Å². The Balaban J connectivity index is 1.89. The molecule has 5 heteroatoms. The van der Waals surface area contributed by atoms with E-state index in [0.29, 0.717) is 13.0 Å². The number of likely N-dealkylation sites (tertiary alicyclic amines) is 1. The standard InChI is InChI=1S/C18H20N2O3/c1-23-17-5-4-14(13-6-8-19-9-7-13)11-15(17)12-20-10-2-3-16(20)18(21)22/h4-9,11,16H,2-3,10,12H2,1H3,(H,21,22). The van der Waals surface area contributed by atoms with Gasteiger partial charge in [0.15, 0.2) is 0 Å². The summed E-state index contributed by atoms with van der Waals surface area (Å²) < 4.78 is 5.46. The second-order valence-electron chi connectivity index (χ2n) is 5.73. The summed E-state index contributed by atoms with van der Waals surface area (Å²) in [5.74, 6) is 0.0469. The largest absolute Gasteiger partial charge is 0.496 e. The van der Waals surface area contributed by atoms with Crippen LogP contribution in [0.5, 0.6) is 5.75 Å². The number of carbonyl (C=O) groups is 1. The maximum absolute atomic E-state index is 11.4. The molecular weight excluding hydrogens is 292 g/mol. The Morgan fingerprint density at radius 2 is 2.09 bits per heavy atom. The molecule has 1 aliphatic heterocycles. The molecule has 0 amide bonds. The number of rotatable bonds is 5. The van der Waals surface area contributed by atoms with Crippen molar-refractivity contribution in [3.05, 3.63) is 48.3 Å². The highest BCUT2D eigenvalue weighted by Crippen LogP contribution is 2.29. The van der Waals surface area contributed by atoms with Gasteiger partial charge in [-0.25, -0.2) is 0 Å². The molecule has 2 aromatic rings. The van der Waals surface area contributed by atoms with Gasteiger partial charge in [-0.1, -0.05) is 6.07 Å². The van der Waals surface area contributed by atoms with Crippen LogP contribution < -0.4 is 4.74 Å². The first-order chi connectivity index (χ1) is 11.2. The average molecular weight is 312 g/mol. The van der Waals surface area contributed by atoms with Gasteiger partial charge in [-0.3, -0.25) is 14.7 Å². The van der Waals surface area contributed by atoms with Crippen molar-refractivity contribution in [1.82, 2.24) is 9.88 Å². The third kappa shape index (κ3) is 3.35. The number of methoxy groups -OCH3 is 1. The van der Waals surface area contributed by atoms with Crippen LogP contribution in [0.1, 0.15) is 18.4 Å². The zero-order valence-corrected chi connectivity index (χ0v) is 13.1. The number of pyridine rings is 1. The first kappa shape index (κ1) is 15.5. The van der Waals surface area contributed by atoms with Crippen molar-refractivity contribution < 1.29 is 14.6 Å². The minimum absolute atomic E-state index is 0.399. The maximum atomic E-state index is 11.4. The number of benzene rings is 1. The molecule has 3 rings (SSSR count). The van der Waals surface area contributed by atoms with Crippen molar-refractivity contribution in [3.63, 3.8) is 0 Å². The van der Waals surface area contributed by atoms with Gasteiger partial charge in [0.1, 0.15) is 11.8 Å². The minimum atomic E-state index is -0.744. The lowest BCUT2D eigenvalue weighted by Gasteiger charge is -2.22. The molecule has 1 aliphatic rings. The number of carboxylic acids is 1. The van der Waals surface area contributed by atoms with Gasteiger partial charge >= 0.3 is 5.97 Å². The summed E-state index contributed by atoms with van der Waals surface area (Å²) in [6.07, 6.45) is 5.16. The van der Waals surface area contributed by atoms with E-state index < -0.39 is 12.0 Å². The molecule has 0 aliphatic carbocycles. The second-order valence-corrected chi connectivity index (χ2v) is 5.73. The van der Waals surface area contributed by atoms with Crippen molar-refractivity contribution in [3.8, 4) is 16.9 Å². The number of ether oxygens (including phenoxy) is 1. The second kappa shape index (κ2) is 6.79. The molecule has 0 spiro atoms. The zero-order valence-electron chi connectivity index (χ0n) is 13.1. The highest BCUT2D eigenvalue weighted by atomic mass is 16.5. The lowest BCUT2D eigenvalue weighted by Crippen LogP contribution is -2.35. The van der Waals surface area contributed by atoms with Gasteiger partial charge in [0, 0.05) is 24.5 Å². The Morgan fingerprint density at radius 1 is 1.30 bits per heavy atom. The van der Waals surface area contributed by atoms with Crippen LogP contribution in [0.3, 0.4) is 0 Å². The summed E-state index contributed by atoms with van der Waals surface area (Å²) in [4.78, 5) is 17.4. The highest BCUT2D eigenvalue weighted by Gasteiger charge is 2.30. The fourth-order valence-corrected chi connectivity index (χ4v) is 3.14. The zero-order chi connectivity index (χ0) is 16.2. The lowest BCUT2D eigenvalue weighted by molar-refractivity contribution is -0.142. The maximum Gasteiger partial charge on any atom is 0.320 e. The van der Waals surface area contributed by atoms with Crippen molar-refractivity contribution in [2.24, 2.45) is 0 Å². The van der Waals surface area contributed by atoms with E-state index >= 15 is 0 Å². The Hall–Kier alpha value is -2.40. The van der Waals surface area contributed by atoms with Gasteiger partial charge in [0.25, 0.3) is 0 Å². The molecule has 0 bridgehead atoms. The topological polar surface area (TPSA) is 62.7 Å². The normalized spacial score (nSPS) is 18.0. The Bertz CT molecular complexity index is 688. The van der Waals surface area contributed by atoms with E-state index in [1.807, 2.05) is 29.2 Å². The first-order valence-electron chi connectivity index (χ1n) is 7.73.